The first-order valence-electron chi connectivity index (χ1n) is 14.9. The first-order valence-corrected chi connectivity index (χ1v) is 14.9. The number of ether oxygens (including phenoxy) is 1. The lowest BCUT2D eigenvalue weighted by molar-refractivity contribution is -0.257. The van der Waals surface area contributed by atoms with E-state index in [-0.39, 0.29) is 23.4 Å². The molecule has 35 heavy (non-hydrogen) atoms. The number of esters is 1. The van der Waals surface area contributed by atoms with E-state index in [1.54, 1.807) is 6.92 Å². The highest BCUT2D eigenvalue weighted by Gasteiger charge is 2.70. The van der Waals surface area contributed by atoms with Crippen molar-refractivity contribution >= 4 is 12.3 Å². The van der Waals surface area contributed by atoms with Crippen LogP contribution in [-0.4, -0.2) is 18.4 Å². The minimum atomic E-state index is -0.124. The molecule has 0 amide bonds. The highest BCUT2D eigenvalue weighted by Crippen LogP contribution is 2.77. The summed E-state index contributed by atoms with van der Waals surface area (Å²) in [7, 11) is 0. The third-order valence-corrected chi connectivity index (χ3v) is 14.1. The second-order valence-corrected chi connectivity index (χ2v) is 15.5. The molecule has 5 fully saturated rings. The SMILES string of the molecule is CC(=O)OC1CCC2(C)C(CCC3(C)C2CCC2C4C(C)C(C=O)CCC4(C)CCC23C)C1(C)C. The monoisotopic (exact) mass is 484 g/mol. The van der Waals surface area contributed by atoms with E-state index < -0.39 is 0 Å². The van der Waals surface area contributed by atoms with Crippen LogP contribution < -0.4 is 0 Å². The molecule has 0 saturated heterocycles. The summed E-state index contributed by atoms with van der Waals surface area (Å²) in [6.07, 6.45) is 13.8. The Bertz CT molecular complexity index is 878. The molecule has 3 heteroatoms. The summed E-state index contributed by atoms with van der Waals surface area (Å²) in [6.45, 7) is 19.3. The van der Waals surface area contributed by atoms with E-state index in [0.29, 0.717) is 39.4 Å². The third kappa shape index (κ3) is 3.34. The molecular formula is C32H52O3. The van der Waals surface area contributed by atoms with Crippen molar-refractivity contribution in [1.29, 1.82) is 0 Å². The van der Waals surface area contributed by atoms with Crippen molar-refractivity contribution in [3.63, 3.8) is 0 Å². The molecule has 0 aliphatic heterocycles. The van der Waals surface area contributed by atoms with Crippen molar-refractivity contribution in [2.75, 3.05) is 0 Å². The van der Waals surface area contributed by atoms with Gasteiger partial charge in [-0.15, -0.1) is 0 Å². The summed E-state index contributed by atoms with van der Waals surface area (Å²) in [5.41, 5.74) is 1.45. The third-order valence-electron chi connectivity index (χ3n) is 14.1. The number of carbonyl (C=O) groups is 2. The first kappa shape index (κ1) is 25.8. The van der Waals surface area contributed by atoms with Crippen molar-refractivity contribution < 1.29 is 14.3 Å². The van der Waals surface area contributed by atoms with E-state index in [4.69, 9.17) is 4.74 Å². The molecule has 0 aromatic carbocycles. The standard InChI is InChI=1S/C32H52O3/c1-20-22(19-33)11-14-29(5)17-18-31(7)23(27(20)29)9-10-25-30(6)15-13-26(35-21(2)34)28(3,4)24(30)12-16-32(25,31)8/h19-20,22-27H,9-18H2,1-8H3. The summed E-state index contributed by atoms with van der Waals surface area (Å²) in [5, 5.41) is 0. The van der Waals surface area contributed by atoms with Gasteiger partial charge >= 0.3 is 5.97 Å². The van der Waals surface area contributed by atoms with Crippen LogP contribution in [0.1, 0.15) is 120 Å². The van der Waals surface area contributed by atoms with Gasteiger partial charge in [0.1, 0.15) is 12.4 Å². The van der Waals surface area contributed by atoms with Crippen LogP contribution in [0.2, 0.25) is 0 Å². The molecule has 11 atom stereocenters. The Kier molecular flexibility index (Phi) is 5.94. The average Bonchev–Trinajstić information content (AvgIpc) is 2.76. The lowest BCUT2D eigenvalue weighted by atomic mass is 9.31. The molecule has 3 nitrogen and oxygen atoms in total. The Morgan fingerprint density at radius 3 is 2.17 bits per heavy atom. The van der Waals surface area contributed by atoms with Gasteiger partial charge in [0, 0.05) is 18.3 Å². The molecule has 0 radical (unpaired) electrons. The van der Waals surface area contributed by atoms with E-state index in [1.807, 2.05) is 0 Å². The van der Waals surface area contributed by atoms with Crippen LogP contribution in [0, 0.1) is 62.6 Å². The molecule has 5 rings (SSSR count). The Hall–Kier alpha value is -0.860. The highest BCUT2D eigenvalue weighted by atomic mass is 16.5. The van der Waals surface area contributed by atoms with Gasteiger partial charge in [0.25, 0.3) is 0 Å². The van der Waals surface area contributed by atoms with E-state index in [1.165, 1.54) is 57.7 Å². The van der Waals surface area contributed by atoms with Crippen LogP contribution >= 0.6 is 0 Å². The van der Waals surface area contributed by atoms with Crippen LogP contribution in [0.15, 0.2) is 0 Å². The van der Waals surface area contributed by atoms with Crippen molar-refractivity contribution in [3.05, 3.63) is 0 Å². The fourth-order valence-electron chi connectivity index (χ4n) is 12.1. The molecule has 5 aliphatic rings. The van der Waals surface area contributed by atoms with Gasteiger partial charge in [-0.05, 0) is 115 Å². The number of aldehydes is 1. The van der Waals surface area contributed by atoms with Crippen molar-refractivity contribution in [2.45, 2.75) is 126 Å². The lowest BCUT2D eigenvalue weighted by Gasteiger charge is -2.74. The number of rotatable bonds is 2. The topological polar surface area (TPSA) is 43.4 Å². The van der Waals surface area contributed by atoms with E-state index >= 15 is 0 Å². The number of carbonyl (C=O) groups excluding carboxylic acids is 2. The Balaban J connectivity index is 1.49. The summed E-state index contributed by atoms with van der Waals surface area (Å²) in [5.74, 6) is 3.41. The van der Waals surface area contributed by atoms with Gasteiger partial charge in [-0.2, -0.15) is 0 Å². The minimum absolute atomic E-state index is 0.0258. The highest BCUT2D eigenvalue weighted by molar-refractivity contribution is 5.66. The zero-order chi connectivity index (χ0) is 25.6. The molecule has 0 aromatic heterocycles. The summed E-state index contributed by atoms with van der Waals surface area (Å²) in [4.78, 5) is 23.9. The van der Waals surface area contributed by atoms with Gasteiger partial charge in [-0.1, -0.05) is 48.5 Å². The van der Waals surface area contributed by atoms with Crippen molar-refractivity contribution in [3.8, 4) is 0 Å². The van der Waals surface area contributed by atoms with Crippen molar-refractivity contribution in [1.82, 2.24) is 0 Å². The Labute approximate surface area is 214 Å². The summed E-state index contributed by atoms with van der Waals surface area (Å²) >= 11 is 0. The van der Waals surface area contributed by atoms with Gasteiger partial charge in [0.05, 0.1) is 0 Å². The molecular weight excluding hydrogens is 432 g/mol. The Morgan fingerprint density at radius 1 is 0.800 bits per heavy atom. The van der Waals surface area contributed by atoms with E-state index in [0.717, 1.165) is 24.7 Å². The van der Waals surface area contributed by atoms with Gasteiger partial charge in [-0.25, -0.2) is 0 Å². The number of hydrogen-bond acceptors (Lipinski definition) is 3. The fraction of sp³-hybridized carbons (Fsp3) is 0.938. The maximum absolute atomic E-state index is 12.0. The fourth-order valence-corrected chi connectivity index (χ4v) is 12.1. The van der Waals surface area contributed by atoms with Crippen LogP contribution in [0.4, 0.5) is 0 Å². The van der Waals surface area contributed by atoms with Crippen LogP contribution in [0.25, 0.3) is 0 Å². The second kappa shape index (κ2) is 8.07. The molecule has 198 valence electrons. The molecule has 0 N–H and O–H groups in total. The quantitative estimate of drug-likeness (QED) is 0.296. The van der Waals surface area contributed by atoms with Gasteiger partial charge in [0.2, 0.25) is 0 Å². The smallest absolute Gasteiger partial charge is 0.302 e. The molecule has 0 heterocycles. The predicted molar refractivity (Wildman–Crippen MR) is 141 cm³/mol. The maximum atomic E-state index is 12.0. The molecule has 0 spiro atoms. The zero-order valence-electron chi connectivity index (χ0n) is 23.9. The number of fused-ring (bicyclic) bond motifs is 7. The van der Waals surface area contributed by atoms with Crippen LogP contribution in [-0.2, 0) is 14.3 Å². The van der Waals surface area contributed by atoms with E-state index in [2.05, 4.69) is 48.5 Å². The predicted octanol–water partition coefficient (Wildman–Crippen LogP) is 7.85. The van der Waals surface area contributed by atoms with Gasteiger partial charge in [0.15, 0.2) is 0 Å². The average molecular weight is 485 g/mol. The summed E-state index contributed by atoms with van der Waals surface area (Å²) < 4.78 is 5.90. The van der Waals surface area contributed by atoms with Gasteiger partial charge in [-0.3, -0.25) is 4.79 Å². The first-order chi connectivity index (χ1) is 16.2. The second-order valence-electron chi connectivity index (χ2n) is 15.5. The maximum Gasteiger partial charge on any atom is 0.302 e. The van der Waals surface area contributed by atoms with Crippen LogP contribution in [0.5, 0.6) is 0 Å². The van der Waals surface area contributed by atoms with Gasteiger partial charge < -0.3 is 9.53 Å². The normalized spacial score (nSPS) is 54.9. The van der Waals surface area contributed by atoms with Crippen LogP contribution in [0.3, 0.4) is 0 Å². The van der Waals surface area contributed by atoms with E-state index in [9.17, 15) is 9.59 Å². The molecule has 11 unspecified atom stereocenters. The molecule has 5 saturated carbocycles. The molecule has 0 bridgehead atoms. The largest absolute Gasteiger partial charge is 0.462 e. The van der Waals surface area contributed by atoms with Crippen molar-refractivity contribution in [2.24, 2.45) is 62.6 Å². The lowest BCUT2D eigenvalue weighted by Crippen LogP contribution is -2.67. The zero-order valence-corrected chi connectivity index (χ0v) is 23.9. The summed E-state index contributed by atoms with van der Waals surface area (Å²) in [6, 6.07) is 0. The minimum Gasteiger partial charge on any atom is -0.462 e. The Morgan fingerprint density at radius 2 is 1.51 bits per heavy atom. The number of hydrogen-bond donors (Lipinski definition) is 0. The molecule has 5 aliphatic carbocycles. The molecule has 0 aromatic rings.